The molecule has 0 saturated heterocycles. The number of anilines is 1. The van der Waals surface area contributed by atoms with Crippen molar-refractivity contribution >= 4 is 21.7 Å². The van der Waals surface area contributed by atoms with Gasteiger partial charge in [-0.1, -0.05) is 28.1 Å². The Bertz CT molecular complexity index is 543. The summed E-state index contributed by atoms with van der Waals surface area (Å²) in [6.45, 7) is 2.49. The fraction of sp³-hybridized carbons (Fsp3) is 0.214. The molecule has 3 nitrogen and oxygen atoms in total. The Morgan fingerprint density at radius 3 is 2.89 bits per heavy atom. The lowest BCUT2D eigenvalue weighted by atomic mass is 10.2. The number of halogens is 1. The van der Waals surface area contributed by atoms with E-state index in [9.17, 15) is 0 Å². The van der Waals surface area contributed by atoms with Crippen molar-refractivity contribution in [3.63, 3.8) is 0 Å². The summed E-state index contributed by atoms with van der Waals surface area (Å²) in [4.78, 5) is 4.41. The second-order valence-electron chi connectivity index (χ2n) is 3.96. The third-order valence-electron chi connectivity index (χ3n) is 2.59. The minimum absolute atomic E-state index is 0.465. The van der Waals surface area contributed by atoms with Crippen LogP contribution in [0.5, 0.6) is 5.75 Å². The molecule has 0 spiro atoms. The molecule has 0 radical (unpaired) electrons. The zero-order valence-electron chi connectivity index (χ0n) is 10.4. The van der Waals surface area contributed by atoms with Gasteiger partial charge in [0.1, 0.15) is 18.2 Å². The first-order chi connectivity index (χ1) is 8.69. The Kier molecular flexibility index (Phi) is 4.20. The van der Waals surface area contributed by atoms with Gasteiger partial charge in [0.2, 0.25) is 0 Å². The summed E-state index contributed by atoms with van der Waals surface area (Å²) in [7, 11) is 1.85. The summed E-state index contributed by atoms with van der Waals surface area (Å²) in [6, 6.07) is 11.8. The van der Waals surface area contributed by atoms with Crippen LogP contribution in [0.25, 0.3) is 0 Å². The lowest BCUT2D eigenvalue weighted by Crippen LogP contribution is -2.01. The molecule has 2 aromatic rings. The van der Waals surface area contributed by atoms with Crippen LogP contribution in [0.3, 0.4) is 0 Å². The summed E-state index contributed by atoms with van der Waals surface area (Å²) in [5, 5.41) is 3.01. The maximum atomic E-state index is 5.78. The maximum absolute atomic E-state index is 5.78. The first kappa shape index (κ1) is 12.9. The van der Waals surface area contributed by atoms with E-state index in [0.29, 0.717) is 6.61 Å². The minimum Gasteiger partial charge on any atom is -0.487 e. The van der Waals surface area contributed by atoms with E-state index >= 15 is 0 Å². The number of pyridine rings is 1. The van der Waals surface area contributed by atoms with Crippen LogP contribution < -0.4 is 10.1 Å². The molecule has 0 amide bonds. The van der Waals surface area contributed by atoms with E-state index < -0.39 is 0 Å². The van der Waals surface area contributed by atoms with Crippen LogP contribution in [0.15, 0.2) is 40.9 Å². The first-order valence-electron chi connectivity index (χ1n) is 5.71. The molecule has 94 valence electrons. The highest BCUT2D eigenvalue weighted by Gasteiger charge is 2.02. The molecule has 0 aliphatic carbocycles. The van der Waals surface area contributed by atoms with E-state index in [-0.39, 0.29) is 0 Å². The molecule has 18 heavy (non-hydrogen) atoms. The third kappa shape index (κ3) is 3.23. The van der Waals surface area contributed by atoms with Gasteiger partial charge in [0.05, 0.1) is 5.69 Å². The van der Waals surface area contributed by atoms with Gasteiger partial charge in [-0.05, 0) is 36.8 Å². The Labute approximate surface area is 115 Å². The molecule has 1 heterocycles. The van der Waals surface area contributed by atoms with E-state index in [1.165, 1.54) is 0 Å². The van der Waals surface area contributed by atoms with Crippen molar-refractivity contribution in [2.75, 3.05) is 12.4 Å². The van der Waals surface area contributed by atoms with E-state index in [0.717, 1.165) is 27.3 Å². The van der Waals surface area contributed by atoms with Crippen molar-refractivity contribution in [3.8, 4) is 5.75 Å². The summed E-state index contributed by atoms with van der Waals surface area (Å²) in [6.07, 6.45) is 0. The summed E-state index contributed by atoms with van der Waals surface area (Å²) < 4.78 is 6.80. The maximum Gasteiger partial charge on any atom is 0.130 e. The normalized spacial score (nSPS) is 10.2. The van der Waals surface area contributed by atoms with Crippen LogP contribution in [-0.4, -0.2) is 12.0 Å². The van der Waals surface area contributed by atoms with Gasteiger partial charge in [-0.3, -0.25) is 0 Å². The molecule has 4 heteroatoms. The van der Waals surface area contributed by atoms with Gasteiger partial charge in [0, 0.05) is 11.5 Å². The quantitative estimate of drug-likeness (QED) is 0.933. The first-order valence-corrected chi connectivity index (χ1v) is 6.51. The number of hydrogen-bond acceptors (Lipinski definition) is 3. The van der Waals surface area contributed by atoms with E-state index in [4.69, 9.17) is 4.74 Å². The monoisotopic (exact) mass is 306 g/mol. The predicted molar refractivity (Wildman–Crippen MR) is 77.0 cm³/mol. The molecule has 2 rings (SSSR count). The SMILES string of the molecule is CNc1cccc(COc2cc(Br)ccc2C)n1. The lowest BCUT2D eigenvalue weighted by Gasteiger charge is -2.09. The zero-order chi connectivity index (χ0) is 13.0. The number of aromatic nitrogens is 1. The molecule has 0 unspecified atom stereocenters. The highest BCUT2D eigenvalue weighted by atomic mass is 79.9. The number of hydrogen-bond donors (Lipinski definition) is 1. The van der Waals surface area contributed by atoms with Crippen molar-refractivity contribution in [3.05, 3.63) is 52.1 Å². The second-order valence-corrected chi connectivity index (χ2v) is 4.88. The number of aryl methyl sites for hydroxylation is 1. The molecule has 1 aromatic carbocycles. The molecule has 1 N–H and O–H groups in total. The van der Waals surface area contributed by atoms with Gasteiger partial charge in [-0.25, -0.2) is 4.98 Å². The van der Waals surface area contributed by atoms with Gasteiger partial charge in [0.25, 0.3) is 0 Å². The predicted octanol–water partition coefficient (Wildman–Crippen LogP) is 3.77. The van der Waals surface area contributed by atoms with Crippen LogP contribution in [0.1, 0.15) is 11.3 Å². The Balaban J connectivity index is 2.08. The average molecular weight is 307 g/mol. The highest BCUT2D eigenvalue weighted by Crippen LogP contribution is 2.23. The number of nitrogens with zero attached hydrogens (tertiary/aromatic N) is 1. The van der Waals surface area contributed by atoms with Crippen LogP contribution in [0.4, 0.5) is 5.82 Å². The van der Waals surface area contributed by atoms with Crippen molar-refractivity contribution in [1.29, 1.82) is 0 Å². The summed E-state index contributed by atoms with van der Waals surface area (Å²) >= 11 is 3.44. The van der Waals surface area contributed by atoms with Gasteiger partial charge in [-0.2, -0.15) is 0 Å². The Hall–Kier alpha value is -1.55. The number of nitrogens with one attached hydrogen (secondary N) is 1. The van der Waals surface area contributed by atoms with Crippen LogP contribution in [0, 0.1) is 6.92 Å². The lowest BCUT2D eigenvalue weighted by molar-refractivity contribution is 0.299. The van der Waals surface area contributed by atoms with Gasteiger partial charge < -0.3 is 10.1 Å². The van der Waals surface area contributed by atoms with Gasteiger partial charge >= 0.3 is 0 Å². The third-order valence-corrected chi connectivity index (χ3v) is 3.08. The van der Waals surface area contributed by atoms with E-state index in [1.54, 1.807) is 0 Å². The molecule has 0 aliphatic rings. The van der Waals surface area contributed by atoms with Crippen molar-refractivity contribution in [1.82, 2.24) is 4.98 Å². The fourth-order valence-electron chi connectivity index (χ4n) is 1.58. The molecular weight excluding hydrogens is 292 g/mol. The van der Waals surface area contributed by atoms with Crippen LogP contribution in [0.2, 0.25) is 0 Å². The zero-order valence-corrected chi connectivity index (χ0v) is 12.0. The Morgan fingerprint density at radius 2 is 2.11 bits per heavy atom. The molecule has 0 bridgehead atoms. The average Bonchev–Trinajstić information content (AvgIpc) is 2.40. The topological polar surface area (TPSA) is 34.1 Å². The minimum atomic E-state index is 0.465. The second kappa shape index (κ2) is 5.87. The highest BCUT2D eigenvalue weighted by molar-refractivity contribution is 9.10. The fourth-order valence-corrected chi connectivity index (χ4v) is 1.92. The number of rotatable bonds is 4. The molecule has 0 atom stereocenters. The molecule has 0 aliphatic heterocycles. The van der Waals surface area contributed by atoms with Gasteiger partial charge in [-0.15, -0.1) is 0 Å². The standard InChI is InChI=1S/C14H15BrN2O/c1-10-6-7-11(15)8-13(10)18-9-12-4-3-5-14(16-2)17-12/h3-8H,9H2,1-2H3,(H,16,17). The van der Waals surface area contributed by atoms with E-state index in [2.05, 4.69) is 26.2 Å². The van der Waals surface area contributed by atoms with Crippen molar-refractivity contribution < 1.29 is 4.74 Å². The molecule has 0 fully saturated rings. The van der Waals surface area contributed by atoms with Crippen molar-refractivity contribution in [2.45, 2.75) is 13.5 Å². The largest absolute Gasteiger partial charge is 0.487 e. The van der Waals surface area contributed by atoms with Gasteiger partial charge in [0.15, 0.2) is 0 Å². The molecule has 1 aromatic heterocycles. The van der Waals surface area contributed by atoms with Crippen LogP contribution in [-0.2, 0) is 6.61 Å². The smallest absolute Gasteiger partial charge is 0.130 e. The van der Waals surface area contributed by atoms with Crippen LogP contribution >= 0.6 is 15.9 Å². The summed E-state index contributed by atoms with van der Waals surface area (Å²) in [5.74, 6) is 1.73. The number of benzene rings is 1. The summed E-state index contributed by atoms with van der Waals surface area (Å²) in [5.41, 5.74) is 2.02. The van der Waals surface area contributed by atoms with Crippen molar-refractivity contribution in [2.24, 2.45) is 0 Å². The molecule has 0 saturated carbocycles. The number of ether oxygens (including phenoxy) is 1. The van der Waals surface area contributed by atoms with E-state index in [1.807, 2.05) is 50.4 Å². The molecular formula is C14H15BrN2O. The Morgan fingerprint density at radius 1 is 1.28 bits per heavy atom.